The molecule has 0 N–H and O–H groups in total. The smallest absolute Gasteiger partial charge is 0.242 e. The van der Waals surface area contributed by atoms with E-state index in [9.17, 15) is 8.78 Å². The molecule has 1 aliphatic rings. The van der Waals surface area contributed by atoms with Gasteiger partial charge in [-0.1, -0.05) is 0 Å². The lowest BCUT2D eigenvalue weighted by molar-refractivity contribution is -0.0390. The van der Waals surface area contributed by atoms with Gasteiger partial charge in [0.15, 0.2) is 0 Å². The van der Waals surface area contributed by atoms with E-state index in [2.05, 4.69) is 6.92 Å². The highest BCUT2D eigenvalue weighted by Gasteiger charge is 2.32. The maximum absolute atomic E-state index is 12.1. The summed E-state index contributed by atoms with van der Waals surface area (Å²) in [4.78, 5) is 0. The molecule has 0 aromatic rings. The molecule has 72 valence electrons. The van der Waals surface area contributed by atoms with Gasteiger partial charge in [-0.3, -0.25) is 0 Å². The van der Waals surface area contributed by atoms with E-state index >= 15 is 0 Å². The van der Waals surface area contributed by atoms with Crippen LogP contribution in [-0.4, -0.2) is 42.1 Å². The minimum Gasteiger partial charge on any atom is -0.242 e. The van der Waals surface area contributed by atoms with Crippen molar-refractivity contribution in [3.63, 3.8) is 0 Å². The molecule has 1 rings (SSSR count). The van der Waals surface area contributed by atoms with Crippen molar-refractivity contribution in [1.29, 1.82) is 0 Å². The first-order chi connectivity index (χ1) is 5.52. The van der Waals surface area contributed by atoms with Crippen molar-refractivity contribution in [3.8, 4) is 0 Å². The normalized spacial score (nSPS) is 33.5. The minimum absolute atomic E-state index is 0.137. The highest BCUT2D eigenvalue weighted by atomic mass is 19.3. The number of nitrogens with zero attached hydrogens (tertiary/aromatic N) is 2. The lowest BCUT2D eigenvalue weighted by Gasteiger charge is -2.28. The first-order valence-corrected chi connectivity index (χ1v) is 4.30. The molecule has 2 unspecified atom stereocenters. The number of rotatable bonds is 2. The van der Waals surface area contributed by atoms with Crippen LogP contribution in [0.4, 0.5) is 8.78 Å². The summed E-state index contributed by atoms with van der Waals surface area (Å²) in [5, 5.41) is 3.66. The quantitative estimate of drug-likeness (QED) is 0.633. The average Bonchev–Trinajstić information content (AvgIpc) is 2.16. The fourth-order valence-electron chi connectivity index (χ4n) is 1.78. The SMILES string of the molecule is CC1CC(C)N(CC(F)F)N1C. The van der Waals surface area contributed by atoms with Crippen molar-refractivity contribution in [3.05, 3.63) is 0 Å². The third kappa shape index (κ3) is 1.93. The molecule has 12 heavy (non-hydrogen) atoms. The molecule has 0 saturated carbocycles. The van der Waals surface area contributed by atoms with Crippen molar-refractivity contribution in [1.82, 2.24) is 10.0 Å². The number of hydrogen-bond acceptors (Lipinski definition) is 2. The monoisotopic (exact) mass is 178 g/mol. The lowest BCUT2D eigenvalue weighted by atomic mass is 10.2. The Kier molecular flexibility index (Phi) is 3.01. The Morgan fingerprint density at radius 3 is 2.25 bits per heavy atom. The molecule has 2 nitrogen and oxygen atoms in total. The number of hydrazine groups is 1. The van der Waals surface area contributed by atoms with Gasteiger partial charge in [0.1, 0.15) is 0 Å². The molecule has 0 radical (unpaired) electrons. The van der Waals surface area contributed by atoms with Crippen LogP contribution in [-0.2, 0) is 0 Å². The highest BCUT2D eigenvalue weighted by molar-refractivity contribution is 4.80. The zero-order valence-corrected chi connectivity index (χ0v) is 7.80. The Balaban J connectivity index is 2.51. The number of alkyl halides is 2. The van der Waals surface area contributed by atoms with Gasteiger partial charge in [-0.2, -0.15) is 0 Å². The molecule has 0 amide bonds. The Morgan fingerprint density at radius 1 is 1.33 bits per heavy atom. The van der Waals surface area contributed by atoms with Gasteiger partial charge in [0.2, 0.25) is 0 Å². The molecule has 0 aromatic heterocycles. The fourth-order valence-corrected chi connectivity index (χ4v) is 1.78. The summed E-state index contributed by atoms with van der Waals surface area (Å²) < 4.78 is 24.2. The second-order valence-electron chi connectivity index (χ2n) is 3.52. The van der Waals surface area contributed by atoms with Crippen LogP contribution in [0.2, 0.25) is 0 Å². The second kappa shape index (κ2) is 3.66. The summed E-state index contributed by atoms with van der Waals surface area (Å²) in [5.41, 5.74) is 0. The van der Waals surface area contributed by atoms with Crippen molar-refractivity contribution in [2.75, 3.05) is 13.6 Å². The highest BCUT2D eigenvalue weighted by Crippen LogP contribution is 2.22. The van der Waals surface area contributed by atoms with Gasteiger partial charge in [0.05, 0.1) is 6.54 Å². The van der Waals surface area contributed by atoms with E-state index in [1.165, 1.54) is 0 Å². The number of hydrogen-bond donors (Lipinski definition) is 0. The van der Waals surface area contributed by atoms with Crippen LogP contribution in [0.15, 0.2) is 0 Å². The molecule has 1 aliphatic heterocycles. The molecule has 1 heterocycles. The van der Waals surface area contributed by atoms with Crippen molar-refractivity contribution < 1.29 is 8.78 Å². The molecule has 1 saturated heterocycles. The van der Waals surface area contributed by atoms with E-state index in [1.807, 2.05) is 19.0 Å². The molecule has 0 bridgehead atoms. The Bertz CT molecular complexity index is 152. The van der Waals surface area contributed by atoms with Gasteiger partial charge >= 0.3 is 0 Å². The third-order valence-corrected chi connectivity index (χ3v) is 2.56. The maximum atomic E-state index is 12.1. The Morgan fingerprint density at radius 2 is 1.92 bits per heavy atom. The van der Waals surface area contributed by atoms with Crippen molar-refractivity contribution in [2.24, 2.45) is 0 Å². The van der Waals surface area contributed by atoms with E-state index in [0.29, 0.717) is 6.04 Å². The van der Waals surface area contributed by atoms with Crippen molar-refractivity contribution in [2.45, 2.75) is 38.8 Å². The summed E-state index contributed by atoms with van der Waals surface area (Å²) in [6.07, 6.45) is -1.26. The summed E-state index contributed by atoms with van der Waals surface area (Å²) in [5.74, 6) is 0. The van der Waals surface area contributed by atoms with Crippen LogP contribution in [0.25, 0.3) is 0 Å². The first kappa shape index (κ1) is 9.86. The summed E-state index contributed by atoms with van der Waals surface area (Å²) in [7, 11) is 1.87. The van der Waals surface area contributed by atoms with Gasteiger partial charge in [0.25, 0.3) is 6.43 Å². The molecular formula is C8H16F2N2. The van der Waals surface area contributed by atoms with Gasteiger partial charge in [-0.25, -0.2) is 18.8 Å². The predicted molar refractivity (Wildman–Crippen MR) is 44.0 cm³/mol. The van der Waals surface area contributed by atoms with Crippen LogP contribution >= 0.6 is 0 Å². The molecule has 1 fully saturated rings. The predicted octanol–water partition coefficient (Wildman–Crippen LogP) is 1.58. The Hall–Kier alpha value is -0.220. The summed E-state index contributed by atoms with van der Waals surface area (Å²) in [6, 6.07) is 0.637. The largest absolute Gasteiger partial charge is 0.252 e. The van der Waals surface area contributed by atoms with E-state index in [-0.39, 0.29) is 12.6 Å². The van der Waals surface area contributed by atoms with E-state index in [0.717, 1.165) is 6.42 Å². The summed E-state index contributed by atoms with van der Waals surface area (Å²) in [6.45, 7) is 3.91. The van der Waals surface area contributed by atoms with Crippen molar-refractivity contribution >= 4 is 0 Å². The topological polar surface area (TPSA) is 6.48 Å². The maximum Gasteiger partial charge on any atom is 0.252 e. The van der Waals surface area contributed by atoms with Crippen LogP contribution < -0.4 is 0 Å². The molecule has 0 aromatic carbocycles. The lowest BCUT2D eigenvalue weighted by Crippen LogP contribution is -2.42. The fraction of sp³-hybridized carbons (Fsp3) is 1.00. The zero-order valence-electron chi connectivity index (χ0n) is 7.80. The Labute approximate surface area is 72.1 Å². The average molecular weight is 178 g/mol. The van der Waals surface area contributed by atoms with Gasteiger partial charge in [0, 0.05) is 19.1 Å². The number of halogens is 2. The van der Waals surface area contributed by atoms with Crippen LogP contribution in [0.1, 0.15) is 20.3 Å². The van der Waals surface area contributed by atoms with Crippen LogP contribution in [0.3, 0.4) is 0 Å². The molecule has 0 spiro atoms. The third-order valence-electron chi connectivity index (χ3n) is 2.56. The second-order valence-corrected chi connectivity index (χ2v) is 3.52. The van der Waals surface area contributed by atoms with Gasteiger partial charge < -0.3 is 0 Å². The molecule has 4 heteroatoms. The zero-order chi connectivity index (χ0) is 9.30. The first-order valence-electron chi connectivity index (χ1n) is 4.30. The molecular weight excluding hydrogens is 162 g/mol. The summed E-state index contributed by atoms with van der Waals surface area (Å²) >= 11 is 0. The standard InChI is InChI=1S/C8H16F2N2/c1-6-4-7(2)12(11(6)3)5-8(9)10/h6-8H,4-5H2,1-3H3. The van der Waals surface area contributed by atoms with Crippen LogP contribution in [0, 0.1) is 0 Å². The van der Waals surface area contributed by atoms with E-state index in [4.69, 9.17) is 0 Å². The van der Waals surface area contributed by atoms with Gasteiger partial charge in [-0.05, 0) is 20.3 Å². The minimum atomic E-state index is -2.24. The van der Waals surface area contributed by atoms with E-state index in [1.54, 1.807) is 5.01 Å². The molecule has 0 aliphatic carbocycles. The van der Waals surface area contributed by atoms with Gasteiger partial charge in [-0.15, -0.1) is 0 Å². The van der Waals surface area contributed by atoms with E-state index < -0.39 is 6.43 Å². The van der Waals surface area contributed by atoms with Crippen LogP contribution in [0.5, 0.6) is 0 Å². The molecule has 2 atom stereocenters.